The van der Waals surface area contributed by atoms with Crippen LogP contribution < -0.4 is 10.6 Å². The molecular weight excluding hydrogens is 318 g/mol. The van der Waals surface area contributed by atoms with Gasteiger partial charge in [0, 0.05) is 37.2 Å². The van der Waals surface area contributed by atoms with Gasteiger partial charge in [0.2, 0.25) is 5.91 Å². The number of rotatable bonds is 1. The van der Waals surface area contributed by atoms with Crippen LogP contribution in [0.25, 0.3) is 0 Å². The highest BCUT2D eigenvalue weighted by Gasteiger charge is 2.58. The van der Waals surface area contributed by atoms with E-state index < -0.39 is 22.8 Å². The molecule has 0 aromatic heterocycles. The molecular formula is C17H20F2N2O3. The number of nitrogens with two attached hydrogens (primary N) is 1. The molecule has 130 valence electrons. The number of carbonyl (C=O) groups excluding carboxylic acids is 1. The quantitative estimate of drug-likeness (QED) is 0.850. The van der Waals surface area contributed by atoms with Gasteiger partial charge in [0.15, 0.2) is 5.79 Å². The number of amides is 1. The lowest BCUT2D eigenvalue weighted by Gasteiger charge is -2.44. The third-order valence-electron chi connectivity index (χ3n) is 5.32. The summed E-state index contributed by atoms with van der Waals surface area (Å²) in [5.74, 6) is -2.34. The average Bonchev–Trinajstić information content (AvgIpc) is 3.04. The predicted molar refractivity (Wildman–Crippen MR) is 82.2 cm³/mol. The van der Waals surface area contributed by atoms with E-state index in [1.54, 1.807) is 0 Å². The predicted octanol–water partition coefficient (Wildman–Crippen LogP) is 1.94. The van der Waals surface area contributed by atoms with E-state index in [9.17, 15) is 13.6 Å². The molecule has 3 aliphatic rings. The first kappa shape index (κ1) is 15.9. The Morgan fingerprint density at radius 3 is 2.46 bits per heavy atom. The van der Waals surface area contributed by atoms with Gasteiger partial charge in [0.25, 0.3) is 0 Å². The molecule has 24 heavy (non-hydrogen) atoms. The second kappa shape index (κ2) is 5.47. The molecule has 0 radical (unpaired) electrons. The van der Waals surface area contributed by atoms with E-state index in [4.69, 9.17) is 15.2 Å². The van der Waals surface area contributed by atoms with Gasteiger partial charge in [-0.3, -0.25) is 4.79 Å². The molecule has 2 saturated heterocycles. The van der Waals surface area contributed by atoms with E-state index >= 15 is 0 Å². The molecule has 0 unspecified atom stereocenters. The monoisotopic (exact) mass is 338 g/mol. The second-order valence-corrected chi connectivity index (χ2v) is 7.07. The zero-order chi connectivity index (χ0) is 16.9. The first-order valence-corrected chi connectivity index (χ1v) is 8.23. The van der Waals surface area contributed by atoms with E-state index in [1.165, 1.54) is 17.0 Å². The third kappa shape index (κ3) is 2.51. The van der Waals surface area contributed by atoms with Crippen molar-refractivity contribution in [3.8, 4) is 0 Å². The van der Waals surface area contributed by atoms with E-state index in [1.807, 2.05) is 0 Å². The van der Waals surface area contributed by atoms with Crippen molar-refractivity contribution in [2.24, 2.45) is 11.1 Å². The lowest BCUT2D eigenvalue weighted by Crippen LogP contribution is -2.53. The minimum absolute atomic E-state index is 0.152. The Hall–Kier alpha value is -1.57. The lowest BCUT2D eigenvalue weighted by molar-refractivity contribution is -0.204. The van der Waals surface area contributed by atoms with Crippen LogP contribution >= 0.6 is 0 Å². The third-order valence-corrected chi connectivity index (χ3v) is 5.32. The molecule has 4 rings (SSSR count). The number of anilines is 1. The fraction of sp³-hybridized carbons (Fsp3) is 0.588. The summed E-state index contributed by atoms with van der Waals surface area (Å²) in [6.07, 6.45) is 2.12. The summed E-state index contributed by atoms with van der Waals surface area (Å²) in [7, 11) is 0. The molecule has 5 nitrogen and oxygen atoms in total. The number of ether oxygens (including phenoxy) is 2. The van der Waals surface area contributed by atoms with Crippen LogP contribution in [0.15, 0.2) is 18.2 Å². The highest BCUT2D eigenvalue weighted by atomic mass is 19.1. The summed E-state index contributed by atoms with van der Waals surface area (Å²) in [6.45, 7) is 1.40. The number of hydrogen-bond acceptors (Lipinski definition) is 4. The summed E-state index contributed by atoms with van der Waals surface area (Å²) < 4.78 is 38.6. The minimum Gasteiger partial charge on any atom is -0.347 e. The maximum absolute atomic E-state index is 13.5. The Bertz CT molecular complexity index is 658. The average molecular weight is 338 g/mol. The zero-order valence-corrected chi connectivity index (χ0v) is 13.3. The van der Waals surface area contributed by atoms with Gasteiger partial charge in [-0.2, -0.15) is 0 Å². The van der Waals surface area contributed by atoms with Crippen molar-refractivity contribution in [3.05, 3.63) is 29.8 Å². The van der Waals surface area contributed by atoms with Gasteiger partial charge < -0.3 is 20.1 Å². The second-order valence-electron chi connectivity index (χ2n) is 7.07. The number of carbonyl (C=O) groups is 1. The smallest absolute Gasteiger partial charge is 0.233 e. The van der Waals surface area contributed by atoms with Crippen LogP contribution in [0.1, 0.15) is 25.7 Å². The van der Waals surface area contributed by atoms with Crippen LogP contribution in [0.3, 0.4) is 0 Å². The molecule has 2 heterocycles. The molecule has 1 aromatic rings. The number of hydrogen-bond donors (Lipinski definition) is 1. The van der Waals surface area contributed by atoms with Gasteiger partial charge in [-0.15, -0.1) is 0 Å². The first-order valence-electron chi connectivity index (χ1n) is 8.23. The van der Waals surface area contributed by atoms with Crippen LogP contribution in [0.4, 0.5) is 14.5 Å². The highest BCUT2D eigenvalue weighted by Crippen LogP contribution is 2.51. The van der Waals surface area contributed by atoms with Gasteiger partial charge in [-0.1, -0.05) is 0 Å². The highest BCUT2D eigenvalue weighted by molar-refractivity contribution is 6.00. The standard InChI is InChI=1S/C17H20F2N2O3/c18-11-5-12(19)7-14(6-11)21-2-1-16(15(21)22)8-13(20)9-17(10-16)23-3-4-24-17/h5-7,13H,1-4,8-10,20H2/t13-,16+/m0/s1. The Morgan fingerprint density at radius 1 is 1.12 bits per heavy atom. The molecule has 3 fully saturated rings. The molecule has 1 saturated carbocycles. The molecule has 2 spiro atoms. The largest absolute Gasteiger partial charge is 0.347 e. The zero-order valence-electron chi connectivity index (χ0n) is 13.3. The summed E-state index contributed by atoms with van der Waals surface area (Å²) in [6, 6.07) is 2.96. The molecule has 1 aliphatic carbocycles. The number of benzene rings is 1. The van der Waals surface area contributed by atoms with Crippen LogP contribution in [0, 0.1) is 17.0 Å². The van der Waals surface area contributed by atoms with Crippen LogP contribution in [0.5, 0.6) is 0 Å². The van der Waals surface area contributed by atoms with Crippen molar-refractivity contribution in [2.75, 3.05) is 24.7 Å². The van der Waals surface area contributed by atoms with Gasteiger partial charge >= 0.3 is 0 Å². The molecule has 2 atom stereocenters. The van der Waals surface area contributed by atoms with Gasteiger partial charge in [0.1, 0.15) is 11.6 Å². The fourth-order valence-electron chi connectivity index (χ4n) is 4.47. The Balaban J connectivity index is 1.64. The number of halogens is 2. The van der Waals surface area contributed by atoms with Crippen molar-refractivity contribution >= 4 is 11.6 Å². The van der Waals surface area contributed by atoms with Gasteiger partial charge in [-0.25, -0.2) is 8.78 Å². The van der Waals surface area contributed by atoms with Gasteiger partial charge in [0.05, 0.1) is 18.6 Å². The number of nitrogens with zero attached hydrogens (tertiary/aromatic N) is 1. The SMILES string of the molecule is N[C@@H]1CC2(C[C@@]3(CCN(c4cc(F)cc(F)c4)C3=O)C1)OCCO2. The van der Waals surface area contributed by atoms with Crippen molar-refractivity contribution in [1.82, 2.24) is 0 Å². The normalized spacial score (nSPS) is 32.2. The first-order chi connectivity index (χ1) is 11.4. The van der Waals surface area contributed by atoms with Crippen LogP contribution in [0.2, 0.25) is 0 Å². The lowest BCUT2D eigenvalue weighted by atomic mass is 9.68. The summed E-state index contributed by atoms with van der Waals surface area (Å²) >= 11 is 0. The molecule has 2 N–H and O–H groups in total. The maximum atomic E-state index is 13.5. The van der Waals surface area contributed by atoms with Gasteiger partial charge in [-0.05, 0) is 25.0 Å². The van der Waals surface area contributed by atoms with Crippen molar-refractivity contribution < 1.29 is 23.0 Å². The van der Waals surface area contributed by atoms with Crippen molar-refractivity contribution in [1.29, 1.82) is 0 Å². The summed E-state index contributed by atoms with van der Waals surface area (Å²) in [4.78, 5) is 14.6. The van der Waals surface area contributed by atoms with E-state index in [0.29, 0.717) is 45.4 Å². The molecule has 0 bridgehead atoms. The molecule has 2 aliphatic heterocycles. The van der Waals surface area contributed by atoms with Crippen molar-refractivity contribution in [2.45, 2.75) is 37.5 Å². The van der Waals surface area contributed by atoms with Crippen molar-refractivity contribution in [3.63, 3.8) is 0 Å². The maximum Gasteiger partial charge on any atom is 0.233 e. The summed E-state index contributed by atoms with van der Waals surface area (Å²) in [5, 5.41) is 0. The Kier molecular flexibility index (Phi) is 3.63. The molecule has 1 aromatic carbocycles. The molecule has 7 heteroatoms. The van der Waals surface area contributed by atoms with E-state index in [2.05, 4.69) is 0 Å². The Morgan fingerprint density at radius 2 is 1.79 bits per heavy atom. The fourth-order valence-corrected chi connectivity index (χ4v) is 4.47. The summed E-state index contributed by atoms with van der Waals surface area (Å²) in [5.41, 5.74) is 5.74. The topological polar surface area (TPSA) is 64.8 Å². The van der Waals surface area contributed by atoms with Crippen LogP contribution in [-0.2, 0) is 14.3 Å². The van der Waals surface area contributed by atoms with Crippen LogP contribution in [-0.4, -0.2) is 37.5 Å². The molecule has 1 amide bonds. The van der Waals surface area contributed by atoms with E-state index in [0.717, 1.165) is 6.07 Å². The van der Waals surface area contributed by atoms with E-state index in [-0.39, 0.29) is 17.6 Å². The minimum atomic E-state index is -0.795. The Labute approximate surface area is 138 Å².